The molecule has 4 nitrogen and oxygen atoms in total. The summed E-state index contributed by atoms with van der Waals surface area (Å²) in [5.74, 6) is 0. The normalized spacial score (nSPS) is 27.9. The first kappa shape index (κ1) is 13.9. The van der Waals surface area contributed by atoms with Crippen molar-refractivity contribution in [3.63, 3.8) is 0 Å². The monoisotopic (exact) mass is 230 g/mol. The average Bonchev–Trinajstić information content (AvgIpc) is 2.44. The second-order valence-electron chi connectivity index (χ2n) is 6.06. The number of β-amino-alcohol motifs (C(OH)–C–C–N with tert-alkyl or cyclic N) is 1. The minimum absolute atomic E-state index is 0.0887. The third-order valence-electron chi connectivity index (χ3n) is 3.14. The Kier molecular flexibility index (Phi) is 4.73. The van der Waals surface area contributed by atoms with E-state index < -0.39 is 0 Å². The van der Waals surface area contributed by atoms with E-state index >= 15 is 0 Å². The van der Waals surface area contributed by atoms with E-state index in [-0.39, 0.29) is 18.1 Å². The molecule has 0 aromatic carbocycles. The molecule has 0 amide bonds. The Morgan fingerprint density at radius 2 is 2.00 bits per heavy atom. The van der Waals surface area contributed by atoms with Crippen LogP contribution in [-0.2, 0) is 0 Å². The van der Waals surface area contributed by atoms with Crippen molar-refractivity contribution < 1.29 is 10.2 Å². The summed E-state index contributed by atoms with van der Waals surface area (Å²) in [7, 11) is 4.11. The first-order valence-electron chi connectivity index (χ1n) is 6.02. The molecule has 0 bridgehead atoms. The number of likely N-dealkylation sites (N-methyl/N-ethyl adjacent to an activating group) is 1. The molecule has 1 aliphatic rings. The van der Waals surface area contributed by atoms with E-state index in [1.165, 1.54) is 0 Å². The molecule has 16 heavy (non-hydrogen) atoms. The quantitative estimate of drug-likeness (QED) is 0.698. The minimum Gasteiger partial charge on any atom is -0.396 e. The number of aliphatic hydroxyl groups is 2. The molecule has 1 saturated heterocycles. The van der Waals surface area contributed by atoms with Crippen molar-refractivity contribution in [2.75, 3.05) is 40.3 Å². The van der Waals surface area contributed by atoms with Crippen molar-refractivity contribution in [3.8, 4) is 0 Å². The van der Waals surface area contributed by atoms with Gasteiger partial charge >= 0.3 is 0 Å². The number of nitrogens with zero attached hydrogens (tertiary/aromatic N) is 2. The lowest BCUT2D eigenvalue weighted by Gasteiger charge is -2.33. The third kappa shape index (κ3) is 4.01. The molecule has 0 aromatic rings. The SMILES string of the molecule is CN(C)CC1CC(O)CN1CC(C)(C)CO. The maximum absolute atomic E-state index is 9.73. The minimum atomic E-state index is -0.209. The van der Waals surface area contributed by atoms with E-state index in [4.69, 9.17) is 0 Å². The standard InChI is InChI=1S/C12H26N2O2/c1-12(2,9-15)8-14-7-11(16)5-10(14)6-13(3)4/h10-11,15-16H,5-9H2,1-4H3. The number of hydrogen-bond acceptors (Lipinski definition) is 4. The highest BCUT2D eigenvalue weighted by molar-refractivity contribution is 4.89. The van der Waals surface area contributed by atoms with E-state index in [2.05, 4.69) is 37.7 Å². The van der Waals surface area contributed by atoms with Gasteiger partial charge in [-0.3, -0.25) is 4.90 Å². The maximum atomic E-state index is 9.73. The average molecular weight is 230 g/mol. The van der Waals surface area contributed by atoms with Crippen LogP contribution in [0.2, 0.25) is 0 Å². The summed E-state index contributed by atoms with van der Waals surface area (Å²) in [6, 6.07) is 0.413. The van der Waals surface area contributed by atoms with Crippen LogP contribution in [0.25, 0.3) is 0 Å². The number of hydrogen-bond donors (Lipinski definition) is 2. The fourth-order valence-electron chi connectivity index (χ4n) is 2.36. The van der Waals surface area contributed by atoms with Crippen LogP contribution in [0.1, 0.15) is 20.3 Å². The molecule has 0 aliphatic carbocycles. The van der Waals surface area contributed by atoms with Gasteiger partial charge in [-0.2, -0.15) is 0 Å². The van der Waals surface area contributed by atoms with Crippen molar-refractivity contribution in [2.45, 2.75) is 32.4 Å². The van der Waals surface area contributed by atoms with Gasteiger partial charge in [0.25, 0.3) is 0 Å². The lowest BCUT2D eigenvalue weighted by molar-refractivity contribution is 0.0843. The van der Waals surface area contributed by atoms with Crippen LogP contribution in [0.5, 0.6) is 0 Å². The van der Waals surface area contributed by atoms with E-state index in [1.54, 1.807) is 0 Å². The third-order valence-corrected chi connectivity index (χ3v) is 3.14. The Labute approximate surface area is 98.9 Å². The molecule has 1 heterocycles. The topological polar surface area (TPSA) is 46.9 Å². The summed E-state index contributed by atoms with van der Waals surface area (Å²) in [5, 5.41) is 19.0. The lowest BCUT2D eigenvalue weighted by atomic mass is 9.94. The summed E-state index contributed by atoms with van der Waals surface area (Å²) in [5.41, 5.74) is -0.0887. The van der Waals surface area contributed by atoms with E-state index in [1.807, 2.05) is 0 Å². The summed E-state index contributed by atoms with van der Waals surface area (Å²) in [4.78, 5) is 4.46. The zero-order valence-corrected chi connectivity index (χ0v) is 11.0. The molecule has 0 spiro atoms. The second-order valence-corrected chi connectivity index (χ2v) is 6.06. The van der Waals surface area contributed by atoms with Crippen molar-refractivity contribution in [3.05, 3.63) is 0 Å². The summed E-state index contributed by atoms with van der Waals surface area (Å²) < 4.78 is 0. The smallest absolute Gasteiger partial charge is 0.0682 e. The van der Waals surface area contributed by atoms with Gasteiger partial charge in [0.05, 0.1) is 6.10 Å². The highest BCUT2D eigenvalue weighted by Crippen LogP contribution is 2.24. The molecule has 0 radical (unpaired) electrons. The Morgan fingerprint density at radius 1 is 1.38 bits per heavy atom. The fraction of sp³-hybridized carbons (Fsp3) is 1.00. The Bertz CT molecular complexity index is 219. The molecule has 2 N–H and O–H groups in total. The van der Waals surface area contributed by atoms with Crippen LogP contribution >= 0.6 is 0 Å². The zero-order valence-electron chi connectivity index (χ0n) is 11.0. The van der Waals surface area contributed by atoms with Crippen LogP contribution < -0.4 is 0 Å². The van der Waals surface area contributed by atoms with E-state index in [0.717, 1.165) is 26.1 Å². The van der Waals surface area contributed by atoms with E-state index in [0.29, 0.717) is 6.04 Å². The van der Waals surface area contributed by atoms with Crippen LogP contribution in [0.15, 0.2) is 0 Å². The molecule has 0 saturated carbocycles. The van der Waals surface area contributed by atoms with Crippen LogP contribution in [-0.4, -0.2) is 72.5 Å². The molecule has 1 fully saturated rings. The highest BCUT2D eigenvalue weighted by Gasteiger charge is 2.34. The predicted molar refractivity (Wildman–Crippen MR) is 65.4 cm³/mol. The predicted octanol–water partition coefficient (Wildman–Crippen LogP) is 0.00170. The molecular formula is C12H26N2O2. The molecule has 1 aliphatic heterocycles. The number of aliphatic hydroxyl groups excluding tert-OH is 2. The van der Waals surface area contributed by atoms with Crippen molar-refractivity contribution >= 4 is 0 Å². The zero-order chi connectivity index (χ0) is 12.3. The van der Waals surface area contributed by atoms with E-state index in [9.17, 15) is 10.2 Å². The first-order valence-corrected chi connectivity index (χ1v) is 6.02. The Balaban J connectivity index is 2.55. The molecule has 1 rings (SSSR count). The Hall–Kier alpha value is -0.160. The van der Waals surface area contributed by atoms with Crippen LogP contribution in [0.4, 0.5) is 0 Å². The van der Waals surface area contributed by atoms with Crippen LogP contribution in [0, 0.1) is 5.41 Å². The second kappa shape index (κ2) is 5.45. The molecule has 0 aromatic heterocycles. The van der Waals surface area contributed by atoms with Gasteiger partial charge in [0.2, 0.25) is 0 Å². The Morgan fingerprint density at radius 3 is 2.50 bits per heavy atom. The fourth-order valence-corrected chi connectivity index (χ4v) is 2.36. The summed E-state index contributed by atoms with van der Waals surface area (Å²) in [6.45, 7) is 6.86. The van der Waals surface area contributed by atoms with Gasteiger partial charge in [-0.1, -0.05) is 13.8 Å². The number of rotatable bonds is 5. The number of likely N-dealkylation sites (tertiary alicyclic amines) is 1. The van der Waals surface area contributed by atoms with Gasteiger partial charge in [0, 0.05) is 37.7 Å². The molecule has 4 heteroatoms. The molecule has 2 atom stereocenters. The molecule has 96 valence electrons. The van der Waals surface area contributed by atoms with Crippen molar-refractivity contribution in [2.24, 2.45) is 5.41 Å². The van der Waals surface area contributed by atoms with Gasteiger partial charge in [-0.05, 0) is 20.5 Å². The van der Waals surface area contributed by atoms with Crippen LogP contribution in [0.3, 0.4) is 0 Å². The molecular weight excluding hydrogens is 204 g/mol. The van der Waals surface area contributed by atoms with Gasteiger partial charge in [0.15, 0.2) is 0 Å². The lowest BCUT2D eigenvalue weighted by Crippen LogP contribution is -2.43. The van der Waals surface area contributed by atoms with Gasteiger partial charge in [0.1, 0.15) is 0 Å². The first-order chi connectivity index (χ1) is 7.34. The van der Waals surface area contributed by atoms with Crippen molar-refractivity contribution in [1.29, 1.82) is 0 Å². The van der Waals surface area contributed by atoms with Gasteiger partial charge < -0.3 is 15.1 Å². The largest absolute Gasteiger partial charge is 0.396 e. The maximum Gasteiger partial charge on any atom is 0.0682 e. The highest BCUT2D eigenvalue weighted by atomic mass is 16.3. The van der Waals surface area contributed by atoms with Gasteiger partial charge in [-0.25, -0.2) is 0 Å². The molecule has 2 unspecified atom stereocenters. The summed E-state index contributed by atoms with van der Waals surface area (Å²) in [6.07, 6.45) is 0.638. The van der Waals surface area contributed by atoms with Crippen molar-refractivity contribution in [1.82, 2.24) is 9.80 Å². The van der Waals surface area contributed by atoms with Gasteiger partial charge in [-0.15, -0.1) is 0 Å². The summed E-state index contributed by atoms with van der Waals surface area (Å²) >= 11 is 0.